The van der Waals surface area contributed by atoms with E-state index in [-0.39, 0.29) is 12.5 Å². The second-order valence-electron chi connectivity index (χ2n) is 4.32. The molecule has 0 aromatic heterocycles. The Morgan fingerprint density at radius 1 is 1.42 bits per heavy atom. The predicted molar refractivity (Wildman–Crippen MR) is 77.2 cm³/mol. The number of carbonyl (C=O) groups is 1. The number of halogens is 1. The molecule has 4 nitrogen and oxygen atoms in total. The summed E-state index contributed by atoms with van der Waals surface area (Å²) in [6.07, 6.45) is -0.692. The first-order chi connectivity index (χ1) is 9.08. The van der Waals surface area contributed by atoms with Crippen LogP contribution in [0.4, 0.5) is 0 Å². The Balaban J connectivity index is 2.60. The fourth-order valence-corrected chi connectivity index (χ4v) is 2.11. The molecule has 0 heterocycles. The molecule has 0 aliphatic heterocycles. The van der Waals surface area contributed by atoms with E-state index in [4.69, 9.17) is 11.6 Å². The molecule has 0 bridgehead atoms. The molecule has 1 unspecified atom stereocenters. The van der Waals surface area contributed by atoms with Crippen molar-refractivity contribution >= 4 is 17.5 Å². The summed E-state index contributed by atoms with van der Waals surface area (Å²) in [5.41, 5.74) is 0.693. The van der Waals surface area contributed by atoms with Crippen LogP contribution < -0.4 is 5.32 Å². The molecule has 1 aromatic carbocycles. The monoisotopic (exact) mass is 284 g/mol. The Bertz CT molecular complexity index is 412. The van der Waals surface area contributed by atoms with Gasteiger partial charge < -0.3 is 10.4 Å². The summed E-state index contributed by atoms with van der Waals surface area (Å²) in [6, 6.07) is 7.21. The standard InChI is InChI=1S/C14H21ClN2O2/c1-3-16-14(19)10-17(4-2)9-13(18)11-7-5-6-8-12(11)15/h5-8,13,18H,3-4,9-10H2,1-2H3,(H,16,19). The van der Waals surface area contributed by atoms with Gasteiger partial charge in [-0.05, 0) is 19.5 Å². The van der Waals surface area contributed by atoms with Gasteiger partial charge in [0.05, 0.1) is 12.6 Å². The molecule has 0 fully saturated rings. The normalized spacial score (nSPS) is 12.5. The number of amides is 1. The largest absolute Gasteiger partial charge is 0.387 e. The molecule has 1 rings (SSSR count). The maximum absolute atomic E-state index is 11.5. The van der Waals surface area contributed by atoms with Gasteiger partial charge in [0.25, 0.3) is 0 Å². The van der Waals surface area contributed by atoms with Crippen LogP contribution in [0.15, 0.2) is 24.3 Å². The van der Waals surface area contributed by atoms with Crippen molar-refractivity contribution in [2.24, 2.45) is 0 Å². The summed E-state index contributed by atoms with van der Waals surface area (Å²) in [5, 5.41) is 13.5. The fourth-order valence-electron chi connectivity index (χ4n) is 1.85. The SMILES string of the molecule is CCNC(=O)CN(CC)CC(O)c1ccccc1Cl. The minimum atomic E-state index is -0.692. The predicted octanol–water partition coefficient (Wildman–Crippen LogP) is 1.83. The molecule has 2 N–H and O–H groups in total. The Labute approximate surface area is 119 Å². The number of hydrogen-bond donors (Lipinski definition) is 2. The maximum Gasteiger partial charge on any atom is 0.234 e. The summed E-state index contributed by atoms with van der Waals surface area (Å²) >= 11 is 6.04. The van der Waals surface area contributed by atoms with Crippen LogP contribution in [0.25, 0.3) is 0 Å². The van der Waals surface area contributed by atoms with Gasteiger partial charge in [0.15, 0.2) is 0 Å². The van der Waals surface area contributed by atoms with Gasteiger partial charge in [-0.1, -0.05) is 36.7 Å². The number of nitrogens with one attached hydrogen (secondary N) is 1. The molecule has 0 saturated carbocycles. The van der Waals surface area contributed by atoms with E-state index in [1.54, 1.807) is 12.1 Å². The highest BCUT2D eigenvalue weighted by atomic mass is 35.5. The zero-order chi connectivity index (χ0) is 14.3. The number of aliphatic hydroxyl groups is 1. The molecule has 0 aliphatic rings. The van der Waals surface area contributed by atoms with Crippen LogP contribution in [0.3, 0.4) is 0 Å². The molecular formula is C14H21ClN2O2. The van der Waals surface area contributed by atoms with Crippen molar-refractivity contribution < 1.29 is 9.90 Å². The topological polar surface area (TPSA) is 52.6 Å². The Morgan fingerprint density at radius 2 is 2.11 bits per heavy atom. The Hall–Kier alpha value is -1.10. The lowest BCUT2D eigenvalue weighted by atomic mass is 10.1. The van der Waals surface area contributed by atoms with E-state index >= 15 is 0 Å². The molecule has 1 atom stereocenters. The first-order valence-electron chi connectivity index (χ1n) is 6.50. The lowest BCUT2D eigenvalue weighted by Crippen LogP contribution is -2.39. The second-order valence-corrected chi connectivity index (χ2v) is 4.73. The number of aliphatic hydroxyl groups excluding tert-OH is 1. The van der Waals surface area contributed by atoms with E-state index in [1.807, 2.05) is 30.9 Å². The molecule has 0 aliphatic carbocycles. The van der Waals surface area contributed by atoms with Gasteiger partial charge >= 0.3 is 0 Å². The smallest absolute Gasteiger partial charge is 0.234 e. The van der Waals surface area contributed by atoms with Crippen molar-refractivity contribution in [3.8, 4) is 0 Å². The third-order valence-electron chi connectivity index (χ3n) is 2.88. The van der Waals surface area contributed by atoms with Gasteiger partial charge in [0, 0.05) is 23.7 Å². The van der Waals surface area contributed by atoms with Crippen LogP contribution in [0.5, 0.6) is 0 Å². The molecule has 106 valence electrons. The van der Waals surface area contributed by atoms with Crippen molar-refractivity contribution in [3.63, 3.8) is 0 Å². The minimum Gasteiger partial charge on any atom is -0.387 e. The summed E-state index contributed by atoms with van der Waals surface area (Å²) in [7, 11) is 0. The van der Waals surface area contributed by atoms with Crippen LogP contribution in [0, 0.1) is 0 Å². The molecule has 5 heteroatoms. The van der Waals surface area contributed by atoms with Gasteiger partial charge in [-0.2, -0.15) is 0 Å². The van der Waals surface area contributed by atoms with E-state index in [0.29, 0.717) is 30.2 Å². The van der Waals surface area contributed by atoms with Gasteiger partial charge in [-0.3, -0.25) is 9.69 Å². The fraction of sp³-hybridized carbons (Fsp3) is 0.500. The molecule has 0 radical (unpaired) electrons. The third-order valence-corrected chi connectivity index (χ3v) is 3.23. The number of hydrogen-bond acceptors (Lipinski definition) is 3. The van der Waals surface area contributed by atoms with Gasteiger partial charge in [0.1, 0.15) is 0 Å². The van der Waals surface area contributed by atoms with Gasteiger partial charge in [-0.15, -0.1) is 0 Å². The highest BCUT2D eigenvalue weighted by Gasteiger charge is 2.16. The van der Waals surface area contributed by atoms with Crippen molar-refractivity contribution in [1.29, 1.82) is 0 Å². The van der Waals surface area contributed by atoms with Crippen molar-refractivity contribution in [2.75, 3.05) is 26.2 Å². The minimum absolute atomic E-state index is 0.0318. The number of likely N-dealkylation sites (N-methyl/N-ethyl adjacent to an activating group) is 2. The van der Waals surface area contributed by atoms with Crippen LogP contribution in [-0.2, 0) is 4.79 Å². The highest BCUT2D eigenvalue weighted by molar-refractivity contribution is 6.31. The third kappa shape index (κ3) is 5.19. The summed E-state index contributed by atoms with van der Waals surface area (Å²) in [4.78, 5) is 13.4. The van der Waals surface area contributed by atoms with Crippen LogP contribution >= 0.6 is 11.6 Å². The molecule has 0 spiro atoms. The Kier molecular flexibility index (Phi) is 6.84. The van der Waals surface area contributed by atoms with Crippen molar-refractivity contribution in [2.45, 2.75) is 20.0 Å². The van der Waals surface area contributed by atoms with Gasteiger partial charge in [-0.25, -0.2) is 0 Å². The Morgan fingerprint density at radius 3 is 2.68 bits per heavy atom. The van der Waals surface area contributed by atoms with Crippen molar-refractivity contribution in [3.05, 3.63) is 34.9 Å². The van der Waals surface area contributed by atoms with E-state index in [9.17, 15) is 9.90 Å². The molecule has 1 aromatic rings. The maximum atomic E-state index is 11.5. The lowest BCUT2D eigenvalue weighted by Gasteiger charge is -2.23. The number of carbonyl (C=O) groups excluding carboxylic acids is 1. The second kappa shape index (κ2) is 8.15. The average Bonchev–Trinajstić information content (AvgIpc) is 2.38. The molecular weight excluding hydrogens is 264 g/mol. The quantitative estimate of drug-likeness (QED) is 0.803. The van der Waals surface area contributed by atoms with Crippen LogP contribution in [0.2, 0.25) is 5.02 Å². The lowest BCUT2D eigenvalue weighted by molar-refractivity contribution is -0.122. The zero-order valence-electron chi connectivity index (χ0n) is 11.4. The van der Waals surface area contributed by atoms with Gasteiger partial charge in [0.2, 0.25) is 5.91 Å². The van der Waals surface area contributed by atoms with Crippen LogP contribution in [0.1, 0.15) is 25.5 Å². The van der Waals surface area contributed by atoms with Crippen LogP contribution in [-0.4, -0.2) is 42.1 Å². The number of rotatable bonds is 7. The van der Waals surface area contributed by atoms with E-state index in [1.165, 1.54) is 0 Å². The van der Waals surface area contributed by atoms with E-state index in [2.05, 4.69) is 5.32 Å². The van der Waals surface area contributed by atoms with Crippen molar-refractivity contribution in [1.82, 2.24) is 10.2 Å². The molecule has 1 amide bonds. The molecule has 19 heavy (non-hydrogen) atoms. The zero-order valence-corrected chi connectivity index (χ0v) is 12.2. The van der Waals surface area contributed by atoms with E-state index in [0.717, 1.165) is 0 Å². The number of benzene rings is 1. The summed E-state index contributed by atoms with van der Waals surface area (Å²) in [6.45, 7) is 5.82. The first kappa shape index (κ1) is 16.0. The average molecular weight is 285 g/mol. The first-order valence-corrected chi connectivity index (χ1v) is 6.87. The summed E-state index contributed by atoms with van der Waals surface area (Å²) in [5.74, 6) is -0.0318. The summed E-state index contributed by atoms with van der Waals surface area (Å²) < 4.78 is 0. The number of nitrogens with zero attached hydrogens (tertiary/aromatic N) is 1. The highest BCUT2D eigenvalue weighted by Crippen LogP contribution is 2.23. The molecule has 0 saturated heterocycles. The van der Waals surface area contributed by atoms with E-state index < -0.39 is 6.10 Å².